The van der Waals surface area contributed by atoms with Crippen LogP contribution in [0.5, 0.6) is 0 Å². The lowest BCUT2D eigenvalue weighted by atomic mass is 9.93. The second-order valence-electron chi connectivity index (χ2n) is 5.48. The van der Waals surface area contributed by atoms with E-state index >= 15 is 0 Å². The van der Waals surface area contributed by atoms with Gasteiger partial charge in [-0.3, -0.25) is 4.79 Å². The Kier molecular flexibility index (Phi) is 3.65. The summed E-state index contributed by atoms with van der Waals surface area (Å²) in [7, 11) is 0. The van der Waals surface area contributed by atoms with E-state index in [2.05, 4.69) is 10.6 Å². The summed E-state index contributed by atoms with van der Waals surface area (Å²) in [5.74, 6) is -1.08. The highest BCUT2D eigenvalue weighted by Gasteiger charge is 2.42. The molecule has 2 aliphatic rings. The number of carbonyl (C=O) groups is 1. The third-order valence-corrected chi connectivity index (χ3v) is 4.59. The predicted molar refractivity (Wildman–Crippen MR) is 72.6 cm³/mol. The molecule has 2 fully saturated rings. The van der Waals surface area contributed by atoms with Gasteiger partial charge in [-0.15, -0.1) is 0 Å². The Bertz CT molecular complexity index is 552. The number of carbonyl (C=O) groups excluding carboxylic acids is 1. The maximum atomic E-state index is 13.6. The molecule has 1 aromatic rings. The van der Waals surface area contributed by atoms with E-state index in [1.54, 1.807) is 0 Å². The average molecular weight is 301 g/mol. The van der Waals surface area contributed by atoms with Crippen LogP contribution in [-0.2, 0) is 4.79 Å². The molecule has 1 saturated heterocycles. The first-order valence-electron chi connectivity index (χ1n) is 6.75. The normalized spacial score (nSPS) is 28.4. The van der Waals surface area contributed by atoms with Crippen molar-refractivity contribution in [2.24, 2.45) is 11.8 Å². The monoisotopic (exact) mass is 300 g/mol. The van der Waals surface area contributed by atoms with Crippen molar-refractivity contribution in [1.29, 1.82) is 0 Å². The number of hydrogen-bond acceptors (Lipinski definition) is 2. The first-order chi connectivity index (χ1) is 9.56. The lowest BCUT2D eigenvalue weighted by Crippen LogP contribution is -2.39. The van der Waals surface area contributed by atoms with Gasteiger partial charge in [0, 0.05) is 6.07 Å². The van der Waals surface area contributed by atoms with Gasteiger partial charge in [0.15, 0.2) is 0 Å². The molecule has 3 nitrogen and oxygen atoms in total. The fraction of sp³-hybridized carbons (Fsp3) is 0.500. The Balaban J connectivity index is 1.75. The molecule has 6 heteroatoms. The maximum Gasteiger partial charge on any atom is 0.241 e. The molecule has 20 heavy (non-hydrogen) atoms. The number of anilines is 1. The van der Waals surface area contributed by atoms with Crippen LogP contribution in [0.4, 0.5) is 14.5 Å². The fourth-order valence-corrected chi connectivity index (χ4v) is 3.47. The summed E-state index contributed by atoms with van der Waals surface area (Å²) in [4.78, 5) is 12.2. The van der Waals surface area contributed by atoms with Crippen molar-refractivity contribution >= 4 is 23.2 Å². The standard InChI is InChI=1S/C14H15ClF2N2O/c15-9-4-12(11(17)5-10(9)16)19-14(20)13-8-3-1-2-7(8)6-18-13/h4-5,7-8,13,18H,1-3,6H2,(H,19,20)/t7?,8-,13-/m0/s1. The third kappa shape index (κ3) is 2.40. The molecular weight excluding hydrogens is 286 g/mol. The van der Waals surface area contributed by atoms with Crippen LogP contribution >= 0.6 is 11.6 Å². The number of hydrogen-bond donors (Lipinski definition) is 2. The van der Waals surface area contributed by atoms with E-state index in [4.69, 9.17) is 11.6 Å². The number of nitrogens with one attached hydrogen (secondary N) is 2. The van der Waals surface area contributed by atoms with Gasteiger partial charge in [-0.1, -0.05) is 18.0 Å². The second kappa shape index (κ2) is 5.30. The Hall–Kier alpha value is -1.20. The zero-order valence-corrected chi connectivity index (χ0v) is 11.5. The van der Waals surface area contributed by atoms with Gasteiger partial charge in [0.25, 0.3) is 0 Å². The molecule has 1 aliphatic heterocycles. The molecule has 1 aliphatic carbocycles. The van der Waals surface area contributed by atoms with Gasteiger partial charge >= 0.3 is 0 Å². The molecule has 1 saturated carbocycles. The summed E-state index contributed by atoms with van der Waals surface area (Å²) in [6, 6.07) is 1.48. The Morgan fingerprint density at radius 3 is 2.90 bits per heavy atom. The summed E-state index contributed by atoms with van der Waals surface area (Å²) in [6.07, 6.45) is 3.29. The molecule has 0 bridgehead atoms. The largest absolute Gasteiger partial charge is 0.322 e. The summed E-state index contributed by atoms with van der Waals surface area (Å²) < 4.78 is 26.7. The lowest BCUT2D eigenvalue weighted by molar-refractivity contribution is -0.118. The first-order valence-corrected chi connectivity index (χ1v) is 7.13. The molecule has 2 N–H and O–H groups in total. The van der Waals surface area contributed by atoms with Crippen molar-refractivity contribution in [3.05, 3.63) is 28.8 Å². The number of benzene rings is 1. The highest BCUT2D eigenvalue weighted by atomic mass is 35.5. The quantitative estimate of drug-likeness (QED) is 0.825. The molecule has 1 aromatic carbocycles. The molecule has 1 amide bonds. The van der Waals surface area contributed by atoms with E-state index in [0.29, 0.717) is 17.9 Å². The van der Waals surface area contributed by atoms with Gasteiger partial charge < -0.3 is 10.6 Å². The molecule has 3 rings (SSSR count). The van der Waals surface area contributed by atoms with Crippen molar-refractivity contribution in [2.75, 3.05) is 11.9 Å². The summed E-state index contributed by atoms with van der Waals surface area (Å²) in [6.45, 7) is 0.829. The van der Waals surface area contributed by atoms with Crippen LogP contribution in [0.2, 0.25) is 5.02 Å². The SMILES string of the molecule is O=C(Nc1cc(Cl)c(F)cc1F)[C@H]1NCC2CCC[C@@H]21. The number of rotatable bonds is 2. The first kappa shape index (κ1) is 13.8. The average Bonchev–Trinajstić information content (AvgIpc) is 2.97. The minimum atomic E-state index is -0.836. The highest BCUT2D eigenvalue weighted by Crippen LogP contribution is 2.38. The van der Waals surface area contributed by atoms with Crippen molar-refractivity contribution in [3.63, 3.8) is 0 Å². The zero-order chi connectivity index (χ0) is 14.3. The molecular formula is C14H15ClF2N2O. The van der Waals surface area contributed by atoms with Gasteiger partial charge in [-0.05, 0) is 37.3 Å². The number of fused-ring (bicyclic) bond motifs is 1. The molecule has 0 aromatic heterocycles. The van der Waals surface area contributed by atoms with Crippen LogP contribution in [0.3, 0.4) is 0 Å². The highest BCUT2D eigenvalue weighted by molar-refractivity contribution is 6.31. The Morgan fingerprint density at radius 2 is 2.10 bits per heavy atom. The van der Waals surface area contributed by atoms with Crippen molar-refractivity contribution < 1.29 is 13.6 Å². The Labute approximate surface area is 120 Å². The minimum Gasteiger partial charge on any atom is -0.322 e. The number of amides is 1. The predicted octanol–water partition coefficient (Wildman–Crippen LogP) is 2.94. The van der Waals surface area contributed by atoms with Gasteiger partial charge in [-0.2, -0.15) is 0 Å². The molecule has 1 unspecified atom stereocenters. The summed E-state index contributed by atoms with van der Waals surface area (Å²) in [5, 5.41) is 5.48. The van der Waals surface area contributed by atoms with Crippen molar-refractivity contribution in [3.8, 4) is 0 Å². The van der Waals surface area contributed by atoms with Crippen LogP contribution in [-0.4, -0.2) is 18.5 Å². The van der Waals surface area contributed by atoms with E-state index < -0.39 is 11.6 Å². The van der Waals surface area contributed by atoms with Crippen LogP contribution in [0.1, 0.15) is 19.3 Å². The topological polar surface area (TPSA) is 41.1 Å². The van der Waals surface area contributed by atoms with Crippen molar-refractivity contribution in [1.82, 2.24) is 5.32 Å². The van der Waals surface area contributed by atoms with Crippen molar-refractivity contribution in [2.45, 2.75) is 25.3 Å². The van der Waals surface area contributed by atoms with Crippen LogP contribution in [0.25, 0.3) is 0 Å². The summed E-state index contributed by atoms with van der Waals surface area (Å²) in [5.41, 5.74) is -0.0790. The summed E-state index contributed by atoms with van der Waals surface area (Å²) >= 11 is 5.61. The zero-order valence-electron chi connectivity index (χ0n) is 10.8. The van der Waals surface area contributed by atoms with Gasteiger partial charge in [0.2, 0.25) is 5.91 Å². The molecule has 1 heterocycles. The van der Waals surface area contributed by atoms with Crippen LogP contribution in [0.15, 0.2) is 12.1 Å². The van der Waals surface area contributed by atoms with E-state index in [-0.39, 0.29) is 22.7 Å². The van der Waals surface area contributed by atoms with Gasteiger partial charge in [0.05, 0.1) is 16.8 Å². The molecule has 3 atom stereocenters. The van der Waals surface area contributed by atoms with Crippen LogP contribution in [0, 0.1) is 23.5 Å². The second-order valence-corrected chi connectivity index (χ2v) is 5.88. The van der Waals surface area contributed by atoms with E-state index in [0.717, 1.165) is 31.9 Å². The van der Waals surface area contributed by atoms with Gasteiger partial charge in [0.1, 0.15) is 11.6 Å². The molecule has 108 valence electrons. The van der Waals surface area contributed by atoms with E-state index in [1.807, 2.05) is 0 Å². The van der Waals surface area contributed by atoms with Crippen LogP contribution < -0.4 is 10.6 Å². The minimum absolute atomic E-state index is 0.0790. The smallest absolute Gasteiger partial charge is 0.241 e. The van der Waals surface area contributed by atoms with Gasteiger partial charge in [-0.25, -0.2) is 8.78 Å². The van der Waals surface area contributed by atoms with E-state index in [9.17, 15) is 13.6 Å². The fourth-order valence-electron chi connectivity index (χ4n) is 3.30. The number of halogens is 3. The lowest BCUT2D eigenvalue weighted by Gasteiger charge is -2.18. The Morgan fingerprint density at radius 1 is 1.30 bits per heavy atom. The third-order valence-electron chi connectivity index (χ3n) is 4.30. The maximum absolute atomic E-state index is 13.6. The van der Waals surface area contributed by atoms with E-state index in [1.165, 1.54) is 0 Å². The molecule has 0 radical (unpaired) electrons. The molecule has 0 spiro atoms.